The van der Waals surface area contributed by atoms with Crippen molar-refractivity contribution in [3.8, 4) is 12.1 Å². The first-order valence-electron chi connectivity index (χ1n) is 5.27. The van der Waals surface area contributed by atoms with Crippen LogP contribution in [0.15, 0.2) is 34.2 Å². The van der Waals surface area contributed by atoms with E-state index in [9.17, 15) is 0 Å². The van der Waals surface area contributed by atoms with Crippen LogP contribution < -0.4 is 0 Å². The van der Waals surface area contributed by atoms with Crippen molar-refractivity contribution < 1.29 is 0 Å². The molecule has 0 amide bonds. The average Bonchev–Trinajstić information content (AvgIpc) is 2.42. The fourth-order valence-corrected chi connectivity index (χ4v) is 2.49. The third-order valence-electron chi connectivity index (χ3n) is 2.34. The molecule has 0 saturated carbocycles. The first kappa shape index (κ1) is 13.4. The zero-order valence-electron chi connectivity index (χ0n) is 9.88. The molecule has 0 spiro atoms. The summed E-state index contributed by atoms with van der Waals surface area (Å²) >= 11 is 7.31. The maximum absolute atomic E-state index is 8.93. The molecule has 0 aliphatic rings. The van der Waals surface area contributed by atoms with Crippen LogP contribution in [0.4, 0.5) is 0 Å². The molecule has 6 heteroatoms. The number of nitriles is 2. The van der Waals surface area contributed by atoms with Crippen molar-refractivity contribution in [2.75, 3.05) is 0 Å². The topological polar surface area (TPSA) is 73.4 Å². The maximum Gasteiger partial charge on any atom is 0.178 e. The predicted molar refractivity (Wildman–Crippen MR) is 71.8 cm³/mol. The molecule has 19 heavy (non-hydrogen) atoms. The highest BCUT2D eigenvalue weighted by Crippen LogP contribution is 2.32. The summed E-state index contributed by atoms with van der Waals surface area (Å²) in [6.45, 7) is 1.97. The molecule has 0 aliphatic heterocycles. The van der Waals surface area contributed by atoms with Crippen LogP contribution >= 0.6 is 23.4 Å². The van der Waals surface area contributed by atoms with Gasteiger partial charge in [-0.3, -0.25) is 0 Å². The summed E-state index contributed by atoms with van der Waals surface area (Å²) in [6, 6.07) is 11.4. The quantitative estimate of drug-likeness (QED) is 0.846. The normalized spacial score (nSPS) is 9.68. The molecule has 0 radical (unpaired) electrons. The molecule has 2 rings (SSSR count). The Balaban J connectivity index is 2.45. The summed E-state index contributed by atoms with van der Waals surface area (Å²) in [6.07, 6.45) is 0. The fraction of sp³-hybridized carbons (Fsp3) is 0.0769. The van der Waals surface area contributed by atoms with Gasteiger partial charge in [-0.05, 0) is 18.6 Å². The number of hydrogen-bond acceptors (Lipinski definition) is 5. The molecule has 0 atom stereocenters. The van der Waals surface area contributed by atoms with Crippen molar-refractivity contribution in [2.45, 2.75) is 16.8 Å². The molecule has 0 bridgehead atoms. The van der Waals surface area contributed by atoms with E-state index in [-0.39, 0.29) is 16.5 Å². The van der Waals surface area contributed by atoms with E-state index in [2.05, 4.69) is 9.97 Å². The second-order valence-corrected chi connectivity index (χ2v) is 5.00. The zero-order valence-corrected chi connectivity index (χ0v) is 11.5. The number of rotatable bonds is 2. The third kappa shape index (κ3) is 2.85. The Morgan fingerprint density at radius 2 is 1.74 bits per heavy atom. The highest BCUT2D eigenvalue weighted by Gasteiger charge is 2.13. The van der Waals surface area contributed by atoms with Gasteiger partial charge in [-0.2, -0.15) is 10.5 Å². The largest absolute Gasteiger partial charge is 0.224 e. The van der Waals surface area contributed by atoms with Gasteiger partial charge < -0.3 is 0 Å². The van der Waals surface area contributed by atoms with Gasteiger partial charge in [-0.15, -0.1) is 0 Å². The number of halogens is 1. The number of nitrogens with zero attached hydrogens (tertiary/aromatic N) is 4. The Labute approximate surface area is 119 Å². The molecule has 0 N–H and O–H groups in total. The van der Waals surface area contributed by atoms with Crippen molar-refractivity contribution in [3.05, 3.63) is 46.4 Å². The van der Waals surface area contributed by atoms with Gasteiger partial charge >= 0.3 is 0 Å². The van der Waals surface area contributed by atoms with Crippen LogP contribution in [0.1, 0.15) is 17.0 Å². The van der Waals surface area contributed by atoms with E-state index in [0.29, 0.717) is 5.03 Å². The monoisotopic (exact) mass is 286 g/mol. The molecule has 0 unspecified atom stereocenters. The standard InChI is InChI=1S/C13H7ClN4S/c1-8-4-2-3-5-11(8)19-13-12(14)17-9(6-15)10(7-16)18-13/h2-5H,1H3. The molecule has 2 aromatic rings. The summed E-state index contributed by atoms with van der Waals surface area (Å²) in [7, 11) is 0. The SMILES string of the molecule is Cc1ccccc1Sc1nc(C#N)c(C#N)nc1Cl. The third-order valence-corrected chi connectivity index (χ3v) is 3.87. The lowest BCUT2D eigenvalue weighted by atomic mass is 10.2. The van der Waals surface area contributed by atoms with Gasteiger partial charge in [-0.1, -0.05) is 41.6 Å². The minimum Gasteiger partial charge on any atom is -0.224 e. The van der Waals surface area contributed by atoms with E-state index in [1.165, 1.54) is 11.8 Å². The Kier molecular flexibility index (Phi) is 4.01. The van der Waals surface area contributed by atoms with Crippen LogP contribution in [-0.2, 0) is 0 Å². The van der Waals surface area contributed by atoms with E-state index in [1.807, 2.05) is 37.3 Å². The molecule has 4 nitrogen and oxygen atoms in total. The minimum absolute atomic E-state index is 0.0111. The first-order chi connectivity index (χ1) is 9.15. The van der Waals surface area contributed by atoms with Crippen molar-refractivity contribution >= 4 is 23.4 Å². The summed E-state index contributed by atoms with van der Waals surface area (Å²) in [5, 5.41) is 18.3. The van der Waals surface area contributed by atoms with Gasteiger partial charge in [0, 0.05) is 4.90 Å². The molecular weight excluding hydrogens is 280 g/mol. The molecule has 1 aromatic heterocycles. The maximum atomic E-state index is 8.93. The fourth-order valence-electron chi connectivity index (χ4n) is 1.40. The summed E-state index contributed by atoms with van der Waals surface area (Å²) in [5.41, 5.74) is 1.01. The van der Waals surface area contributed by atoms with E-state index in [0.717, 1.165) is 10.5 Å². The van der Waals surface area contributed by atoms with E-state index in [4.69, 9.17) is 22.1 Å². The molecule has 0 aliphatic carbocycles. The minimum atomic E-state index is -0.0540. The molecule has 0 saturated heterocycles. The Morgan fingerprint density at radius 3 is 2.37 bits per heavy atom. The van der Waals surface area contributed by atoms with Gasteiger partial charge in [0.15, 0.2) is 16.5 Å². The second-order valence-electron chi connectivity index (χ2n) is 3.61. The molecule has 92 valence electrons. The summed E-state index contributed by atoms with van der Waals surface area (Å²) in [4.78, 5) is 8.95. The lowest BCUT2D eigenvalue weighted by molar-refractivity contribution is 1.01. The van der Waals surface area contributed by atoms with Gasteiger partial charge in [-0.25, -0.2) is 9.97 Å². The highest BCUT2D eigenvalue weighted by atomic mass is 35.5. The van der Waals surface area contributed by atoms with Crippen molar-refractivity contribution in [1.29, 1.82) is 10.5 Å². The van der Waals surface area contributed by atoms with Crippen LogP contribution in [0.5, 0.6) is 0 Å². The van der Waals surface area contributed by atoms with E-state index in [1.54, 1.807) is 6.07 Å². The van der Waals surface area contributed by atoms with Gasteiger partial charge in [0.2, 0.25) is 0 Å². The lowest BCUT2D eigenvalue weighted by Gasteiger charge is -2.06. The molecular formula is C13H7ClN4S. The zero-order chi connectivity index (χ0) is 13.8. The smallest absolute Gasteiger partial charge is 0.178 e. The van der Waals surface area contributed by atoms with Gasteiger partial charge in [0.25, 0.3) is 0 Å². The molecule has 1 aromatic carbocycles. The lowest BCUT2D eigenvalue weighted by Crippen LogP contribution is -1.97. The molecule has 0 fully saturated rings. The number of aryl methyl sites for hydroxylation is 1. The Hall–Kier alpha value is -2.08. The van der Waals surface area contributed by atoms with Crippen LogP contribution in [0.3, 0.4) is 0 Å². The summed E-state index contributed by atoms with van der Waals surface area (Å²) < 4.78 is 0. The predicted octanol–water partition coefficient (Wildman–Crippen LogP) is 3.33. The van der Waals surface area contributed by atoms with Gasteiger partial charge in [0.1, 0.15) is 17.2 Å². The van der Waals surface area contributed by atoms with Crippen LogP contribution in [-0.4, -0.2) is 9.97 Å². The van der Waals surface area contributed by atoms with E-state index >= 15 is 0 Å². The van der Waals surface area contributed by atoms with E-state index < -0.39 is 0 Å². The van der Waals surface area contributed by atoms with Crippen molar-refractivity contribution in [3.63, 3.8) is 0 Å². The second kappa shape index (κ2) is 5.71. The van der Waals surface area contributed by atoms with Crippen LogP contribution in [0.25, 0.3) is 0 Å². The first-order valence-corrected chi connectivity index (χ1v) is 6.46. The molecule has 1 heterocycles. The highest BCUT2D eigenvalue weighted by molar-refractivity contribution is 7.99. The average molecular weight is 287 g/mol. The Morgan fingerprint density at radius 1 is 1.11 bits per heavy atom. The van der Waals surface area contributed by atoms with Crippen LogP contribution in [0.2, 0.25) is 5.15 Å². The van der Waals surface area contributed by atoms with Gasteiger partial charge in [0.05, 0.1) is 0 Å². The van der Waals surface area contributed by atoms with Crippen LogP contribution in [0, 0.1) is 29.6 Å². The Bertz CT molecular complexity index is 716. The van der Waals surface area contributed by atoms with Crippen molar-refractivity contribution in [1.82, 2.24) is 9.97 Å². The summed E-state index contributed by atoms with van der Waals surface area (Å²) in [5.74, 6) is 0. The number of hydrogen-bond donors (Lipinski definition) is 0. The number of aromatic nitrogens is 2. The van der Waals surface area contributed by atoms with Crippen molar-refractivity contribution in [2.24, 2.45) is 0 Å². The number of benzene rings is 1.